The van der Waals surface area contributed by atoms with Crippen molar-refractivity contribution in [1.29, 1.82) is 0 Å². The fourth-order valence-corrected chi connectivity index (χ4v) is 5.48. The average Bonchev–Trinajstić information content (AvgIpc) is 3.17. The summed E-state index contributed by atoms with van der Waals surface area (Å²) in [7, 11) is -4.03. The molecule has 1 aliphatic carbocycles. The Bertz CT molecular complexity index is 998. The van der Waals surface area contributed by atoms with Gasteiger partial charge in [0.25, 0.3) is 5.56 Å². The number of carbonyl (C=O) groups is 1. The number of sulfonamides is 1. The number of amides is 1. The van der Waals surface area contributed by atoms with Crippen LogP contribution in [0.15, 0.2) is 11.0 Å². The molecule has 1 aromatic rings. The van der Waals surface area contributed by atoms with Crippen molar-refractivity contribution in [2.75, 3.05) is 23.7 Å². The molecule has 1 amide bonds. The van der Waals surface area contributed by atoms with Crippen molar-refractivity contribution in [3.8, 4) is 0 Å². The Morgan fingerprint density at radius 2 is 1.91 bits per heavy atom. The van der Waals surface area contributed by atoms with E-state index in [0.717, 1.165) is 0 Å². The van der Waals surface area contributed by atoms with Crippen molar-refractivity contribution in [3.05, 3.63) is 21.6 Å². The molecule has 2 heterocycles. The number of hydrogen-bond donors (Lipinski definition) is 3. The van der Waals surface area contributed by atoms with E-state index in [9.17, 15) is 31.2 Å². The average molecular weight is 516 g/mol. The summed E-state index contributed by atoms with van der Waals surface area (Å²) < 4.78 is 68.2. The van der Waals surface area contributed by atoms with E-state index in [1.165, 1.54) is 6.20 Å². The highest BCUT2D eigenvalue weighted by Crippen LogP contribution is 2.26. The molecule has 15 heteroatoms. The number of carbonyl (C=O) groups excluding carboxylic acids is 1. The topological polar surface area (TPSA) is 133 Å². The number of nitrogens with one attached hydrogen (secondary N) is 3. The van der Waals surface area contributed by atoms with Crippen molar-refractivity contribution >= 4 is 33.4 Å². The number of halogens is 4. The molecular formula is C18H25ClF3N5O5S. The fraction of sp³-hybridized carbons (Fsp3) is 0.722. The summed E-state index contributed by atoms with van der Waals surface area (Å²) in [6.07, 6.45) is -3.25. The van der Waals surface area contributed by atoms with E-state index in [2.05, 4.69) is 20.2 Å². The minimum atomic E-state index is -4.53. The van der Waals surface area contributed by atoms with Crippen molar-refractivity contribution in [2.24, 2.45) is 0 Å². The third kappa shape index (κ3) is 7.74. The second kappa shape index (κ2) is 10.5. The summed E-state index contributed by atoms with van der Waals surface area (Å²) in [6.45, 7) is 0.882. The monoisotopic (exact) mass is 515 g/mol. The maximum atomic E-state index is 12.3. The highest BCUT2D eigenvalue weighted by molar-refractivity contribution is 7.89. The number of nitrogens with zero attached hydrogens (tertiary/aromatic N) is 2. The molecule has 0 aromatic carbocycles. The molecule has 0 bridgehead atoms. The Hall–Kier alpha value is -2.06. The second-order valence-electron chi connectivity index (χ2n) is 8.16. The van der Waals surface area contributed by atoms with E-state index in [4.69, 9.17) is 16.3 Å². The lowest BCUT2D eigenvalue weighted by Crippen LogP contribution is -2.45. The van der Waals surface area contributed by atoms with Gasteiger partial charge < -0.3 is 15.0 Å². The SMILES string of the molecule is O=C(N[C@H]1CC[C@H](NS(=O)(=O)CCC(F)(F)F)CC1)O[C@@H]1CCN(c2cn[nH]c(=O)c2Cl)C1. The Morgan fingerprint density at radius 1 is 1.24 bits per heavy atom. The van der Waals surface area contributed by atoms with Crippen LogP contribution < -0.4 is 20.5 Å². The zero-order valence-electron chi connectivity index (χ0n) is 17.5. The number of ether oxygens (including phenoxy) is 1. The Morgan fingerprint density at radius 3 is 2.58 bits per heavy atom. The summed E-state index contributed by atoms with van der Waals surface area (Å²) in [5, 5.41) is 8.73. The van der Waals surface area contributed by atoms with E-state index >= 15 is 0 Å². The molecule has 10 nitrogen and oxygen atoms in total. The fourth-order valence-electron chi connectivity index (χ4n) is 3.91. The number of aromatic amines is 1. The van der Waals surface area contributed by atoms with Gasteiger partial charge in [-0.2, -0.15) is 18.3 Å². The van der Waals surface area contributed by atoms with Crippen LogP contribution in [0.2, 0.25) is 5.02 Å². The lowest BCUT2D eigenvalue weighted by atomic mass is 9.92. The van der Waals surface area contributed by atoms with Crippen LogP contribution >= 0.6 is 11.6 Å². The predicted molar refractivity (Wildman–Crippen MR) is 114 cm³/mol. The van der Waals surface area contributed by atoms with E-state index < -0.39 is 52.2 Å². The van der Waals surface area contributed by atoms with Crippen LogP contribution in [0, 0.1) is 0 Å². The molecule has 0 unspecified atom stereocenters. The van der Waals surface area contributed by atoms with Crippen molar-refractivity contribution in [2.45, 2.75) is 62.9 Å². The highest BCUT2D eigenvalue weighted by Gasteiger charge is 2.32. The summed E-state index contributed by atoms with van der Waals surface area (Å²) in [5.74, 6) is -1.00. The summed E-state index contributed by atoms with van der Waals surface area (Å²) in [5.41, 5.74) is -0.0440. The van der Waals surface area contributed by atoms with E-state index in [-0.39, 0.29) is 11.1 Å². The first-order chi connectivity index (χ1) is 15.4. The van der Waals surface area contributed by atoms with Crippen LogP contribution in [0.5, 0.6) is 0 Å². The van der Waals surface area contributed by atoms with Gasteiger partial charge in [0.2, 0.25) is 10.0 Å². The van der Waals surface area contributed by atoms with Gasteiger partial charge in [-0.25, -0.2) is 23.0 Å². The molecule has 2 aliphatic rings. The largest absolute Gasteiger partial charge is 0.444 e. The molecule has 186 valence electrons. The quantitative estimate of drug-likeness (QED) is 0.505. The highest BCUT2D eigenvalue weighted by atomic mass is 35.5. The lowest BCUT2D eigenvalue weighted by molar-refractivity contribution is -0.130. The number of alkyl halides is 3. The normalized spacial score (nSPS) is 24.0. The first-order valence-electron chi connectivity index (χ1n) is 10.4. The van der Waals surface area contributed by atoms with Crippen LogP contribution in [-0.2, 0) is 14.8 Å². The van der Waals surface area contributed by atoms with Gasteiger partial charge in [0.15, 0.2) is 0 Å². The van der Waals surface area contributed by atoms with Crippen LogP contribution in [0.1, 0.15) is 38.5 Å². The van der Waals surface area contributed by atoms with Crippen molar-refractivity contribution < 1.29 is 31.1 Å². The molecule has 3 rings (SSSR count). The molecule has 1 saturated carbocycles. The molecule has 2 fully saturated rings. The first-order valence-corrected chi connectivity index (χ1v) is 12.5. The standard InChI is InChI=1S/C18H25ClF3N5O5S/c19-15-14(9-23-25-16(15)28)27-7-5-13(10-27)32-17(29)24-11-1-3-12(4-2-11)26-33(30,31)8-6-18(20,21)22/h9,11-13,26H,1-8,10H2,(H,24,29)(H,25,28)/t11-,12-,13-/m1/s1. The number of rotatable bonds is 7. The zero-order chi connectivity index (χ0) is 24.2. The maximum Gasteiger partial charge on any atom is 0.407 e. The third-order valence-electron chi connectivity index (χ3n) is 5.59. The Labute approximate surface area is 193 Å². The van der Waals surface area contributed by atoms with Gasteiger partial charge in [-0.05, 0) is 25.7 Å². The first kappa shape index (κ1) is 25.6. The molecule has 1 aromatic heterocycles. The number of aromatic nitrogens is 2. The molecule has 1 aliphatic heterocycles. The molecule has 3 N–H and O–H groups in total. The maximum absolute atomic E-state index is 12.3. The molecule has 33 heavy (non-hydrogen) atoms. The van der Waals surface area contributed by atoms with E-state index in [1.54, 1.807) is 4.90 Å². The van der Waals surface area contributed by atoms with Crippen molar-refractivity contribution in [3.63, 3.8) is 0 Å². The number of anilines is 1. The summed E-state index contributed by atoms with van der Waals surface area (Å²) in [4.78, 5) is 25.7. The summed E-state index contributed by atoms with van der Waals surface area (Å²) >= 11 is 6.01. The Kier molecular flexibility index (Phi) is 8.11. The van der Waals surface area contributed by atoms with Crippen LogP contribution in [0.4, 0.5) is 23.7 Å². The minimum Gasteiger partial charge on any atom is -0.444 e. The predicted octanol–water partition coefficient (Wildman–Crippen LogP) is 1.91. The third-order valence-corrected chi connectivity index (χ3v) is 7.39. The van der Waals surface area contributed by atoms with E-state index in [1.807, 2.05) is 0 Å². The summed E-state index contributed by atoms with van der Waals surface area (Å²) in [6, 6.07) is -0.690. The van der Waals surface area contributed by atoms with Crippen LogP contribution in [0.25, 0.3) is 0 Å². The molecule has 0 radical (unpaired) electrons. The molecule has 1 atom stereocenters. The minimum absolute atomic E-state index is 0.0147. The van der Waals surface area contributed by atoms with Crippen molar-refractivity contribution in [1.82, 2.24) is 20.2 Å². The molecular weight excluding hydrogens is 491 g/mol. The second-order valence-corrected chi connectivity index (χ2v) is 10.4. The number of alkyl carbamates (subject to hydrolysis) is 1. The lowest BCUT2D eigenvalue weighted by Gasteiger charge is -2.29. The van der Waals surface area contributed by atoms with Gasteiger partial charge >= 0.3 is 12.3 Å². The van der Waals surface area contributed by atoms with Gasteiger partial charge in [-0.1, -0.05) is 11.6 Å². The van der Waals surface area contributed by atoms with Gasteiger partial charge in [-0.3, -0.25) is 4.79 Å². The van der Waals surface area contributed by atoms with Crippen LogP contribution in [0.3, 0.4) is 0 Å². The molecule has 0 spiro atoms. The van der Waals surface area contributed by atoms with Gasteiger partial charge in [0, 0.05) is 25.0 Å². The number of H-pyrrole nitrogens is 1. The van der Waals surface area contributed by atoms with Gasteiger partial charge in [0.05, 0.1) is 30.6 Å². The van der Waals surface area contributed by atoms with Gasteiger partial charge in [0.1, 0.15) is 11.1 Å². The van der Waals surface area contributed by atoms with Crippen LogP contribution in [-0.4, -0.2) is 67.9 Å². The smallest absolute Gasteiger partial charge is 0.407 e. The van der Waals surface area contributed by atoms with Gasteiger partial charge in [-0.15, -0.1) is 0 Å². The molecule has 1 saturated heterocycles. The zero-order valence-corrected chi connectivity index (χ0v) is 19.1. The van der Waals surface area contributed by atoms with E-state index in [0.29, 0.717) is 50.9 Å². The Balaban J connectivity index is 1.39. The number of hydrogen-bond acceptors (Lipinski definition) is 7.